The molecule has 1 aromatic heterocycles. The Kier molecular flexibility index (Phi) is 3.91. The highest BCUT2D eigenvalue weighted by Crippen LogP contribution is 2.41. The predicted molar refractivity (Wildman–Crippen MR) is 140 cm³/mol. The van der Waals surface area contributed by atoms with Gasteiger partial charge >= 0.3 is 0 Å². The molecule has 0 radical (unpaired) electrons. The Morgan fingerprint density at radius 2 is 0.848 bits per heavy atom. The largest absolute Gasteiger partial charge is 0.455 e. The lowest BCUT2D eigenvalue weighted by molar-refractivity contribution is 0.670. The maximum absolute atomic E-state index is 6.36. The Bertz CT molecular complexity index is 1810. The predicted octanol–water partition coefficient (Wildman–Crippen LogP) is 9.23. The van der Waals surface area contributed by atoms with Crippen molar-refractivity contribution in [2.24, 2.45) is 0 Å². The second-order valence-corrected chi connectivity index (χ2v) is 8.51. The molecule has 0 fully saturated rings. The van der Waals surface area contributed by atoms with Crippen molar-refractivity contribution in [2.75, 3.05) is 0 Å². The van der Waals surface area contributed by atoms with Crippen LogP contribution in [0.3, 0.4) is 0 Å². The Morgan fingerprint density at radius 3 is 1.67 bits per heavy atom. The maximum atomic E-state index is 6.36. The van der Waals surface area contributed by atoms with Crippen molar-refractivity contribution in [1.82, 2.24) is 0 Å². The summed E-state index contributed by atoms with van der Waals surface area (Å²) < 4.78 is 6.36. The summed E-state index contributed by atoms with van der Waals surface area (Å²) in [5.41, 5.74) is 6.71. The molecule has 1 heterocycles. The molecule has 1 nitrogen and oxygen atoms in total. The summed E-state index contributed by atoms with van der Waals surface area (Å²) in [6.45, 7) is 0. The summed E-state index contributed by atoms with van der Waals surface area (Å²) in [5.74, 6) is 0. The van der Waals surface area contributed by atoms with Crippen molar-refractivity contribution in [1.29, 1.82) is 0 Å². The smallest absolute Gasteiger partial charge is 0.143 e. The summed E-state index contributed by atoms with van der Waals surface area (Å²) in [7, 11) is 0. The molecule has 0 bridgehead atoms. The second-order valence-electron chi connectivity index (χ2n) is 8.51. The number of para-hydroxylation sites is 2. The molecule has 33 heavy (non-hydrogen) atoms. The van der Waals surface area contributed by atoms with Gasteiger partial charge in [-0.3, -0.25) is 0 Å². The van der Waals surface area contributed by atoms with Crippen LogP contribution >= 0.6 is 0 Å². The lowest BCUT2D eigenvalue weighted by Crippen LogP contribution is -1.87. The van der Waals surface area contributed by atoms with E-state index in [4.69, 9.17) is 4.42 Å². The molecule has 7 aromatic rings. The molecule has 0 N–H and O–H groups in total. The fourth-order valence-electron chi connectivity index (χ4n) is 5.19. The third-order valence-corrected chi connectivity index (χ3v) is 6.70. The zero-order chi connectivity index (χ0) is 21.8. The number of hydrogen-bond acceptors (Lipinski definition) is 1. The van der Waals surface area contributed by atoms with Gasteiger partial charge in [0.25, 0.3) is 0 Å². The number of rotatable bonds is 2. The zero-order valence-electron chi connectivity index (χ0n) is 18.0. The van der Waals surface area contributed by atoms with Gasteiger partial charge in [0.1, 0.15) is 11.2 Å². The second kappa shape index (κ2) is 7.08. The first-order chi connectivity index (χ1) is 16.4. The van der Waals surface area contributed by atoms with Crippen LogP contribution in [0, 0.1) is 0 Å². The van der Waals surface area contributed by atoms with Crippen molar-refractivity contribution >= 4 is 43.5 Å². The van der Waals surface area contributed by atoms with E-state index >= 15 is 0 Å². The topological polar surface area (TPSA) is 13.1 Å². The molecule has 0 saturated carbocycles. The zero-order valence-corrected chi connectivity index (χ0v) is 18.0. The maximum Gasteiger partial charge on any atom is 0.143 e. The number of benzene rings is 6. The van der Waals surface area contributed by atoms with Gasteiger partial charge in [-0.1, -0.05) is 115 Å². The molecule has 0 atom stereocenters. The molecular weight excluding hydrogens is 400 g/mol. The molecule has 154 valence electrons. The van der Waals surface area contributed by atoms with Gasteiger partial charge in [-0.15, -0.1) is 0 Å². The van der Waals surface area contributed by atoms with Crippen LogP contribution < -0.4 is 0 Å². The normalized spacial score (nSPS) is 11.6. The molecule has 1 heteroatoms. The van der Waals surface area contributed by atoms with Crippen molar-refractivity contribution in [3.05, 3.63) is 121 Å². The molecule has 0 amide bonds. The first kappa shape index (κ1) is 18.2. The fraction of sp³-hybridized carbons (Fsp3) is 0. The Balaban J connectivity index is 1.54. The minimum atomic E-state index is 0.927. The molecular formula is C32H20O. The minimum Gasteiger partial charge on any atom is -0.455 e. The quantitative estimate of drug-likeness (QED) is 0.272. The van der Waals surface area contributed by atoms with Crippen LogP contribution in [0.5, 0.6) is 0 Å². The first-order valence-corrected chi connectivity index (χ1v) is 11.3. The van der Waals surface area contributed by atoms with Crippen molar-refractivity contribution in [3.63, 3.8) is 0 Å². The molecule has 6 aromatic carbocycles. The van der Waals surface area contributed by atoms with Crippen molar-refractivity contribution in [2.45, 2.75) is 0 Å². The molecule has 0 aliphatic heterocycles. The lowest BCUT2D eigenvalue weighted by Gasteiger charge is -2.14. The van der Waals surface area contributed by atoms with Crippen LogP contribution in [0.2, 0.25) is 0 Å². The Morgan fingerprint density at radius 1 is 0.333 bits per heavy atom. The highest BCUT2D eigenvalue weighted by Gasteiger charge is 2.16. The van der Waals surface area contributed by atoms with E-state index in [1.807, 2.05) is 12.1 Å². The van der Waals surface area contributed by atoms with Gasteiger partial charge in [-0.05, 0) is 44.3 Å². The molecule has 0 unspecified atom stereocenters. The van der Waals surface area contributed by atoms with E-state index in [0.29, 0.717) is 0 Å². The summed E-state index contributed by atoms with van der Waals surface area (Å²) in [6.07, 6.45) is 0. The van der Waals surface area contributed by atoms with E-state index in [1.54, 1.807) is 0 Å². The van der Waals surface area contributed by atoms with Crippen LogP contribution in [0.4, 0.5) is 0 Å². The van der Waals surface area contributed by atoms with Crippen molar-refractivity contribution in [3.8, 4) is 22.3 Å². The van der Waals surface area contributed by atoms with E-state index in [0.717, 1.165) is 27.5 Å². The highest BCUT2D eigenvalue weighted by atomic mass is 16.3. The van der Waals surface area contributed by atoms with Crippen LogP contribution in [-0.2, 0) is 0 Å². The van der Waals surface area contributed by atoms with Crippen LogP contribution in [0.25, 0.3) is 65.7 Å². The summed E-state index contributed by atoms with van der Waals surface area (Å²) in [5, 5.41) is 7.33. The average molecular weight is 421 g/mol. The van der Waals surface area contributed by atoms with Gasteiger partial charge in [0, 0.05) is 16.3 Å². The highest BCUT2D eigenvalue weighted by molar-refractivity contribution is 6.14. The van der Waals surface area contributed by atoms with Gasteiger partial charge in [0.2, 0.25) is 0 Å². The SMILES string of the molecule is c1ccc2c(-c3ccc(-c4cccc5c4oc4ccccc45)c4ccccc34)cccc2c1. The fourth-order valence-corrected chi connectivity index (χ4v) is 5.19. The van der Waals surface area contributed by atoms with Crippen LogP contribution in [0.15, 0.2) is 126 Å². The standard InChI is InChI=1S/C32H20O/c1-2-11-22-21(9-1)10-7-15-23(22)26-19-20-27(25-13-4-3-12-24(25)26)29-16-8-17-30-28-14-5-6-18-31(28)33-32(29)30/h1-20H. The van der Waals surface area contributed by atoms with Gasteiger partial charge < -0.3 is 4.42 Å². The molecule has 7 rings (SSSR count). The van der Waals surface area contributed by atoms with E-state index in [9.17, 15) is 0 Å². The van der Waals surface area contributed by atoms with Gasteiger partial charge in [0.15, 0.2) is 0 Å². The number of furan rings is 1. The minimum absolute atomic E-state index is 0.927. The molecule has 0 saturated heterocycles. The Hall–Kier alpha value is -4.36. The van der Waals surface area contributed by atoms with Gasteiger partial charge in [0.05, 0.1) is 0 Å². The number of hydrogen-bond donors (Lipinski definition) is 0. The van der Waals surface area contributed by atoms with Crippen molar-refractivity contribution < 1.29 is 4.42 Å². The van der Waals surface area contributed by atoms with Crippen LogP contribution in [-0.4, -0.2) is 0 Å². The van der Waals surface area contributed by atoms with E-state index in [-0.39, 0.29) is 0 Å². The third-order valence-electron chi connectivity index (χ3n) is 6.70. The van der Waals surface area contributed by atoms with E-state index < -0.39 is 0 Å². The number of fused-ring (bicyclic) bond motifs is 5. The molecule has 0 aliphatic carbocycles. The molecule has 0 aliphatic rings. The lowest BCUT2D eigenvalue weighted by atomic mass is 9.90. The molecule has 0 spiro atoms. The van der Waals surface area contributed by atoms with E-state index in [2.05, 4.69) is 109 Å². The third kappa shape index (κ3) is 2.73. The van der Waals surface area contributed by atoms with E-state index in [1.165, 1.54) is 38.2 Å². The van der Waals surface area contributed by atoms with Crippen LogP contribution in [0.1, 0.15) is 0 Å². The summed E-state index contributed by atoms with van der Waals surface area (Å²) in [4.78, 5) is 0. The van der Waals surface area contributed by atoms with Gasteiger partial charge in [-0.2, -0.15) is 0 Å². The van der Waals surface area contributed by atoms with Gasteiger partial charge in [-0.25, -0.2) is 0 Å². The summed E-state index contributed by atoms with van der Waals surface area (Å²) >= 11 is 0. The Labute approximate surface area is 191 Å². The monoisotopic (exact) mass is 420 g/mol. The first-order valence-electron chi connectivity index (χ1n) is 11.3. The average Bonchev–Trinajstić information content (AvgIpc) is 3.27. The summed E-state index contributed by atoms with van der Waals surface area (Å²) in [6, 6.07) is 43.1.